The summed E-state index contributed by atoms with van der Waals surface area (Å²) in [4.78, 5) is 31.4. The molecule has 5 nitrogen and oxygen atoms in total. The average molecular weight is 329 g/mol. The van der Waals surface area contributed by atoms with E-state index in [1.807, 2.05) is 24.3 Å². The Labute approximate surface area is 134 Å². The number of carbonyl (C=O) groups excluding carboxylic acids is 2. The predicted molar refractivity (Wildman–Crippen MR) is 89.4 cm³/mol. The number of anilines is 1. The molecule has 0 saturated carbocycles. The minimum absolute atomic E-state index is 0.123. The molecule has 0 aliphatic heterocycles. The summed E-state index contributed by atoms with van der Waals surface area (Å²) < 4.78 is 1.08. The van der Waals surface area contributed by atoms with E-state index in [1.54, 1.807) is 11.5 Å². The van der Waals surface area contributed by atoms with Crippen LogP contribution in [0.1, 0.15) is 22.4 Å². The molecule has 0 fully saturated rings. The molecule has 2 heterocycles. The van der Waals surface area contributed by atoms with Gasteiger partial charge in [0.2, 0.25) is 5.91 Å². The van der Waals surface area contributed by atoms with Crippen LogP contribution in [-0.4, -0.2) is 21.7 Å². The molecule has 22 heavy (non-hydrogen) atoms. The van der Waals surface area contributed by atoms with Gasteiger partial charge in [-0.15, -0.1) is 22.7 Å². The van der Waals surface area contributed by atoms with Gasteiger partial charge in [-0.3, -0.25) is 14.9 Å². The van der Waals surface area contributed by atoms with Crippen LogP contribution in [0.5, 0.6) is 0 Å². The molecular formula is C15H11N3O2S2. The molecule has 0 saturated heterocycles. The molecule has 3 rings (SSSR count). The summed E-state index contributed by atoms with van der Waals surface area (Å²) in [5, 5.41) is 5.42. The first-order valence-corrected chi connectivity index (χ1v) is 8.12. The van der Waals surface area contributed by atoms with Gasteiger partial charge in [0.15, 0.2) is 10.9 Å². The first kappa shape index (κ1) is 14.6. The van der Waals surface area contributed by atoms with Crippen molar-refractivity contribution in [2.24, 2.45) is 0 Å². The fourth-order valence-electron chi connectivity index (χ4n) is 1.75. The number of rotatable bonds is 4. The number of para-hydroxylation sites is 1. The van der Waals surface area contributed by atoms with Crippen LogP contribution in [0, 0.1) is 0 Å². The first-order chi connectivity index (χ1) is 10.6. The normalized spacial score (nSPS) is 11.1. The Kier molecular flexibility index (Phi) is 4.08. The van der Waals surface area contributed by atoms with Crippen molar-refractivity contribution in [2.45, 2.75) is 6.92 Å². The van der Waals surface area contributed by atoms with Gasteiger partial charge in [-0.25, -0.2) is 9.97 Å². The topological polar surface area (TPSA) is 72.0 Å². The number of nitrogens with one attached hydrogen (secondary N) is 1. The number of Topliss-reactive ketones (excluding diaryl/α,β-unsaturated/α-hetero) is 1. The van der Waals surface area contributed by atoms with E-state index in [0.717, 1.165) is 15.2 Å². The summed E-state index contributed by atoms with van der Waals surface area (Å²) in [6.07, 6.45) is 3.08. The number of carbonyl (C=O) groups is 2. The maximum atomic E-state index is 11.8. The molecule has 110 valence electrons. The number of amides is 1. The number of ketones is 1. The number of nitrogens with zero attached hydrogens (tertiary/aromatic N) is 2. The Hall–Kier alpha value is -2.38. The second kappa shape index (κ2) is 6.17. The van der Waals surface area contributed by atoms with Crippen LogP contribution in [0.2, 0.25) is 0 Å². The zero-order chi connectivity index (χ0) is 15.5. The summed E-state index contributed by atoms with van der Waals surface area (Å²) in [6, 6.07) is 7.80. The Bertz CT molecular complexity index is 847. The lowest BCUT2D eigenvalue weighted by molar-refractivity contribution is -0.111. The smallest absolute Gasteiger partial charge is 0.250 e. The largest absolute Gasteiger partial charge is 0.298 e. The summed E-state index contributed by atoms with van der Waals surface area (Å²) in [6.45, 7) is 1.44. The highest BCUT2D eigenvalue weighted by Gasteiger charge is 2.07. The molecule has 1 N–H and O–H groups in total. The zero-order valence-electron chi connectivity index (χ0n) is 11.6. The van der Waals surface area contributed by atoms with Crippen LogP contribution in [0.25, 0.3) is 16.3 Å². The van der Waals surface area contributed by atoms with Crippen LogP contribution in [0.3, 0.4) is 0 Å². The molecule has 0 unspecified atom stereocenters. The second-order valence-corrected chi connectivity index (χ2v) is 6.36. The van der Waals surface area contributed by atoms with E-state index >= 15 is 0 Å². The molecule has 0 spiro atoms. The van der Waals surface area contributed by atoms with Crippen molar-refractivity contribution in [2.75, 3.05) is 5.32 Å². The number of hydrogen-bond donors (Lipinski definition) is 1. The highest BCUT2D eigenvalue weighted by atomic mass is 32.1. The fraction of sp³-hybridized carbons (Fsp3) is 0.0667. The Morgan fingerprint density at radius 1 is 1.23 bits per heavy atom. The van der Waals surface area contributed by atoms with Gasteiger partial charge in [-0.2, -0.15) is 0 Å². The van der Waals surface area contributed by atoms with Crippen molar-refractivity contribution in [3.05, 3.63) is 46.4 Å². The molecule has 0 atom stereocenters. The van der Waals surface area contributed by atoms with Crippen LogP contribution < -0.4 is 5.32 Å². The van der Waals surface area contributed by atoms with Crippen molar-refractivity contribution >= 4 is 55.8 Å². The monoisotopic (exact) mass is 329 g/mol. The van der Waals surface area contributed by atoms with Crippen molar-refractivity contribution in [1.29, 1.82) is 0 Å². The highest BCUT2D eigenvalue weighted by molar-refractivity contribution is 7.19. The molecule has 0 aliphatic carbocycles. The molecule has 0 radical (unpaired) electrons. The molecule has 3 aromatic rings. The van der Waals surface area contributed by atoms with Gasteiger partial charge in [-0.05, 0) is 18.2 Å². The lowest BCUT2D eigenvalue weighted by Gasteiger charge is -1.94. The quantitative estimate of drug-likeness (QED) is 0.586. The van der Waals surface area contributed by atoms with E-state index in [0.29, 0.717) is 10.8 Å². The zero-order valence-corrected chi connectivity index (χ0v) is 13.2. The third kappa shape index (κ3) is 3.26. The van der Waals surface area contributed by atoms with E-state index in [-0.39, 0.29) is 11.7 Å². The number of aromatic nitrogens is 2. The minimum atomic E-state index is -0.302. The Morgan fingerprint density at radius 2 is 2.05 bits per heavy atom. The van der Waals surface area contributed by atoms with Gasteiger partial charge in [-0.1, -0.05) is 12.1 Å². The summed E-state index contributed by atoms with van der Waals surface area (Å²) in [5.74, 6) is -0.425. The van der Waals surface area contributed by atoms with Gasteiger partial charge < -0.3 is 0 Å². The van der Waals surface area contributed by atoms with Crippen LogP contribution in [0.15, 0.2) is 35.7 Å². The van der Waals surface area contributed by atoms with Crippen LogP contribution in [0.4, 0.5) is 5.13 Å². The van der Waals surface area contributed by atoms with Crippen LogP contribution in [-0.2, 0) is 4.79 Å². The van der Waals surface area contributed by atoms with Gasteiger partial charge in [0.05, 0.1) is 10.2 Å². The lowest BCUT2D eigenvalue weighted by Crippen LogP contribution is -2.07. The van der Waals surface area contributed by atoms with E-state index in [1.165, 1.54) is 35.7 Å². The molecule has 1 aromatic carbocycles. The molecule has 1 amide bonds. The summed E-state index contributed by atoms with van der Waals surface area (Å²) in [7, 11) is 0. The van der Waals surface area contributed by atoms with Crippen molar-refractivity contribution < 1.29 is 9.59 Å². The third-order valence-corrected chi connectivity index (χ3v) is 4.54. The van der Waals surface area contributed by atoms with Crippen molar-refractivity contribution in [3.8, 4) is 0 Å². The standard InChI is InChI=1S/C15H11N3O2S2/c1-9(19)11-8-21-15(17-11)18-13(20)6-7-14-16-10-4-2-3-5-12(10)22-14/h2-8H,1H3,(H,17,18,20)/b7-6+. The second-order valence-electron chi connectivity index (χ2n) is 4.44. The van der Waals surface area contributed by atoms with E-state index in [9.17, 15) is 9.59 Å². The number of fused-ring (bicyclic) bond motifs is 1. The van der Waals surface area contributed by atoms with E-state index in [2.05, 4.69) is 15.3 Å². The fourth-order valence-corrected chi connectivity index (χ4v) is 3.37. The van der Waals surface area contributed by atoms with Gasteiger partial charge in [0.25, 0.3) is 0 Å². The van der Waals surface area contributed by atoms with Crippen molar-refractivity contribution in [3.63, 3.8) is 0 Å². The maximum absolute atomic E-state index is 11.8. The third-order valence-electron chi connectivity index (χ3n) is 2.78. The van der Waals surface area contributed by atoms with E-state index < -0.39 is 0 Å². The molecular weight excluding hydrogens is 318 g/mol. The van der Waals surface area contributed by atoms with Gasteiger partial charge >= 0.3 is 0 Å². The minimum Gasteiger partial charge on any atom is -0.298 e. The number of thiazole rings is 2. The summed E-state index contributed by atoms with van der Waals surface area (Å²) >= 11 is 2.74. The number of benzene rings is 1. The van der Waals surface area contributed by atoms with E-state index in [4.69, 9.17) is 0 Å². The predicted octanol–water partition coefficient (Wildman–Crippen LogP) is 3.61. The SMILES string of the molecule is CC(=O)c1csc(NC(=O)/C=C/c2nc3ccccc3s2)n1. The number of hydrogen-bond acceptors (Lipinski definition) is 6. The Balaban J connectivity index is 1.68. The van der Waals surface area contributed by atoms with Crippen LogP contribution >= 0.6 is 22.7 Å². The Morgan fingerprint density at radius 3 is 2.77 bits per heavy atom. The lowest BCUT2D eigenvalue weighted by atomic mass is 10.3. The highest BCUT2D eigenvalue weighted by Crippen LogP contribution is 2.22. The molecule has 0 aliphatic rings. The average Bonchev–Trinajstić information content (AvgIpc) is 3.11. The maximum Gasteiger partial charge on any atom is 0.250 e. The molecule has 2 aromatic heterocycles. The first-order valence-electron chi connectivity index (χ1n) is 6.43. The van der Waals surface area contributed by atoms with Crippen molar-refractivity contribution in [1.82, 2.24) is 9.97 Å². The van der Waals surface area contributed by atoms with Gasteiger partial charge in [0, 0.05) is 18.4 Å². The summed E-state index contributed by atoms with van der Waals surface area (Å²) in [5.41, 5.74) is 1.27. The molecule has 7 heteroatoms. The van der Waals surface area contributed by atoms with Gasteiger partial charge in [0.1, 0.15) is 10.7 Å². The molecule has 0 bridgehead atoms.